The summed E-state index contributed by atoms with van der Waals surface area (Å²) in [4.78, 5) is 19.2. The van der Waals surface area contributed by atoms with Crippen molar-refractivity contribution in [2.75, 3.05) is 5.32 Å². The molecule has 4 nitrogen and oxygen atoms in total. The van der Waals surface area contributed by atoms with Crippen molar-refractivity contribution >= 4 is 57.4 Å². The van der Waals surface area contributed by atoms with Gasteiger partial charge in [-0.05, 0) is 48.0 Å². The second-order valence-corrected chi connectivity index (χ2v) is 5.54. The average molecular weight is 341 g/mol. The molecule has 0 saturated carbocycles. The van der Waals surface area contributed by atoms with Crippen LogP contribution in [0.4, 0.5) is 5.69 Å². The van der Waals surface area contributed by atoms with E-state index in [1.807, 2.05) is 0 Å². The predicted octanol–water partition coefficient (Wildman–Crippen LogP) is 4.78. The first-order valence-corrected chi connectivity index (χ1v) is 7.08. The Balaban J connectivity index is 1.88. The summed E-state index contributed by atoms with van der Waals surface area (Å²) in [7, 11) is 0. The maximum Gasteiger partial charge on any atom is 0.257 e. The number of nitrogens with zero attached hydrogens (tertiary/aromatic N) is 1. The molecule has 0 aliphatic carbocycles. The van der Waals surface area contributed by atoms with Crippen molar-refractivity contribution in [2.24, 2.45) is 0 Å². The molecule has 0 spiro atoms. The topological polar surface area (TPSA) is 57.8 Å². The Labute approximate surface area is 135 Å². The number of carbonyl (C=O) groups is 1. The van der Waals surface area contributed by atoms with Gasteiger partial charge in [-0.15, -0.1) is 0 Å². The van der Waals surface area contributed by atoms with Crippen LogP contribution in [0, 0.1) is 0 Å². The first-order chi connectivity index (χ1) is 10.0. The van der Waals surface area contributed by atoms with Gasteiger partial charge in [-0.25, -0.2) is 4.98 Å². The van der Waals surface area contributed by atoms with Crippen molar-refractivity contribution in [1.29, 1.82) is 0 Å². The number of benzene rings is 2. The third-order valence-electron chi connectivity index (χ3n) is 2.89. The zero-order valence-corrected chi connectivity index (χ0v) is 12.7. The zero-order valence-electron chi connectivity index (χ0n) is 10.5. The van der Waals surface area contributed by atoms with Crippen LogP contribution in [0.15, 0.2) is 36.4 Å². The number of aromatic nitrogens is 2. The molecule has 21 heavy (non-hydrogen) atoms. The van der Waals surface area contributed by atoms with Crippen LogP contribution in [0.5, 0.6) is 0 Å². The fourth-order valence-electron chi connectivity index (χ4n) is 1.93. The third-order valence-corrected chi connectivity index (χ3v) is 3.61. The van der Waals surface area contributed by atoms with Crippen molar-refractivity contribution < 1.29 is 4.79 Å². The number of carbonyl (C=O) groups excluding carboxylic acids is 1. The number of halogens is 3. The monoisotopic (exact) mass is 339 g/mol. The molecule has 0 aliphatic rings. The smallest absolute Gasteiger partial charge is 0.257 e. The van der Waals surface area contributed by atoms with Crippen molar-refractivity contribution in [3.8, 4) is 0 Å². The summed E-state index contributed by atoms with van der Waals surface area (Å²) in [5, 5.41) is 3.84. The van der Waals surface area contributed by atoms with Gasteiger partial charge in [-0.2, -0.15) is 0 Å². The molecule has 0 radical (unpaired) electrons. The molecule has 1 heterocycles. The van der Waals surface area contributed by atoms with E-state index in [1.54, 1.807) is 30.3 Å². The number of amides is 1. The molecular weight excluding hydrogens is 333 g/mol. The van der Waals surface area contributed by atoms with E-state index in [1.165, 1.54) is 6.07 Å². The highest BCUT2D eigenvalue weighted by Gasteiger charge is 2.11. The molecule has 0 atom stereocenters. The quantitative estimate of drug-likeness (QED) is 0.705. The van der Waals surface area contributed by atoms with Crippen LogP contribution in [0.2, 0.25) is 15.3 Å². The number of aromatic amines is 1. The van der Waals surface area contributed by atoms with Crippen LogP contribution in [0.3, 0.4) is 0 Å². The molecule has 0 bridgehead atoms. The molecule has 1 aromatic heterocycles. The fraction of sp³-hybridized carbons (Fsp3) is 0. The minimum atomic E-state index is -0.318. The Bertz CT molecular complexity index is 845. The van der Waals surface area contributed by atoms with E-state index in [0.717, 1.165) is 11.0 Å². The number of imidazole rings is 1. The first kappa shape index (κ1) is 14.2. The summed E-state index contributed by atoms with van der Waals surface area (Å²) in [5.41, 5.74) is 2.42. The van der Waals surface area contributed by atoms with E-state index in [2.05, 4.69) is 15.3 Å². The molecular formula is C14H8Cl3N3O. The van der Waals surface area contributed by atoms with E-state index in [9.17, 15) is 4.79 Å². The highest BCUT2D eigenvalue weighted by molar-refractivity contribution is 6.37. The van der Waals surface area contributed by atoms with E-state index in [4.69, 9.17) is 34.8 Å². The van der Waals surface area contributed by atoms with Gasteiger partial charge in [0.2, 0.25) is 5.28 Å². The van der Waals surface area contributed by atoms with Crippen LogP contribution in [-0.4, -0.2) is 15.9 Å². The average Bonchev–Trinajstić information content (AvgIpc) is 2.77. The maximum absolute atomic E-state index is 12.2. The Morgan fingerprint density at radius 2 is 1.90 bits per heavy atom. The SMILES string of the molecule is O=C(Nc1ccc2nc(Cl)[nH]c2c1)c1ccc(Cl)cc1Cl. The summed E-state index contributed by atoms with van der Waals surface area (Å²) in [6.07, 6.45) is 0. The summed E-state index contributed by atoms with van der Waals surface area (Å²) in [5.74, 6) is -0.318. The maximum atomic E-state index is 12.2. The summed E-state index contributed by atoms with van der Waals surface area (Å²) < 4.78 is 0. The highest BCUT2D eigenvalue weighted by atomic mass is 35.5. The van der Waals surface area contributed by atoms with E-state index >= 15 is 0 Å². The van der Waals surface area contributed by atoms with Gasteiger partial charge in [0.05, 0.1) is 21.6 Å². The van der Waals surface area contributed by atoms with Crippen LogP contribution in [0.1, 0.15) is 10.4 Å². The van der Waals surface area contributed by atoms with Crippen LogP contribution in [-0.2, 0) is 0 Å². The molecule has 7 heteroatoms. The number of hydrogen-bond donors (Lipinski definition) is 2. The molecule has 3 aromatic rings. The van der Waals surface area contributed by atoms with Gasteiger partial charge in [0.15, 0.2) is 0 Å². The normalized spacial score (nSPS) is 10.8. The van der Waals surface area contributed by atoms with E-state index in [-0.39, 0.29) is 5.91 Å². The van der Waals surface area contributed by atoms with Gasteiger partial charge < -0.3 is 10.3 Å². The van der Waals surface area contributed by atoms with Gasteiger partial charge in [0, 0.05) is 10.7 Å². The Hall–Kier alpha value is -1.75. The van der Waals surface area contributed by atoms with Crippen LogP contribution < -0.4 is 5.32 Å². The number of hydrogen-bond acceptors (Lipinski definition) is 2. The molecule has 2 N–H and O–H groups in total. The largest absolute Gasteiger partial charge is 0.329 e. The minimum absolute atomic E-state index is 0.297. The molecule has 106 valence electrons. The first-order valence-electron chi connectivity index (χ1n) is 5.94. The van der Waals surface area contributed by atoms with Gasteiger partial charge in [0.1, 0.15) is 0 Å². The predicted molar refractivity (Wildman–Crippen MR) is 85.5 cm³/mol. The minimum Gasteiger partial charge on any atom is -0.329 e. The Kier molecular flexibility index (Phi) is 3.76. The van der Waals surface area contributed by atoms with Crippen LogP contribution >= 0.6 is 34.8 Å². The van der Waals surface area contributed by atoms with Crippen LogP contribution in [0.25, 0.3) is 11.0 Å². The second-order valence-electron chi connectivity index (χ2n) is 4.34. The van der Waals surface area contributed by atoms with Crippen molar-refractivity contribution in [2.45, 2.75) is 0 Å². The van der Waals surface area contributed by atoms with Crippen molar-refractivity contribution in [3.05, 3.63) is 57.3 Å². The lowest BCUT2D eigenvalue weighted by Gasteiger charge is -2.07. The third kappa shape index (κ3) is 2.97. The highest BCUT2D eigenvalue weighted by Crippen LogP contribution is 2.23. The standard InChI is InChI=1S/C14H8Cl3N3O/c15-7-1-3-9(10(16)5-7)13(21)18-8-2-4-11-12(6-8)20-14(17)19-11/h1-6H,(H,18,21)(H,19,20). The second kappa shape index (κ2) is 5.56. The summed E-state index contributed by atoms with van der Waals surface area (Å²) >= 11 is 17.6. The Morgan fingerprint density at radius 1 is 1.10 bits per heavy atom. The zero-order chi connectivity index (χ0) is 15.0. The molecule has 0 aliphatic heterocycles. The van der Waals surface area contributed by atoms with Gasteiger partial charge >= 0.3 is 0 Å². The van der Waals surface area contributed by atoms with Gasteiger partial charge in [-0.1, -0.05) is 23.2 Å². The van der Waals surface area contributed by atoms with E-state index in [0.29, 0.717) is 26.6 Å². The molecule has 0 fully saturated rings. The number of nitrogens with one attached hydrogen (secondary N) is 2. The molecule has 3 rings (SSSR count). The van der Waals surface area contributed by atoms with Crippen molar-refractivity contribution in [3.63, 3.8) is 0 Å². The lowest BCUT2D eigenvalue weighted by Crippen LogP contribution is -2.12. The molecule has 0 saturated heterocycles. The lowest BCUT2D eigenvalue weighted by molar-refractivity contribution is 0.102. The van der Waals surface area contributed by atoms with E-state index < -0.39 is 0 Å². The molecule has 2 aromatic carbocycles. The molecule has 1 amide bonds. The number of fused-ring (bicyclic) bond motifs is 1. The number of rotatable bonds is 2. The van der Waals surface area contributed by atoms with Gasteiger partial charge in [0.25, 0.3) is 5.91 Å². The summed E-state index contributed by atoms with van der Waals surface area (Å²) in [6.45, 7) is 0. The lowest BCUT2D eigenvalue weighted by atomic mass is 10.2. The fourth-order valence-corrected chi connectivity index (χ4v) is 2.62. The number of anilines is 1. The van der Waals surface area contributed by atoms with Gasteiger partial charge in [-0.3, -0.25) is 4.79 Å². The van der Waals surface area contributed by atoms with Crippen molar-refractivity contribution in [1.82, 2.24) is 9.97 Å². The molecule has 0 unspecified atom stereocenters. The summed E-state index contributed by atoms with van der Waals surface area (Å²) in [6, 6.07) is 9.95. The number of H-pyrrole nitrogens is 1. The Morgan fingerprint density at radius 3 is 2.67 bits per heavy atom.